The molecule has 1 aromatic carbocycles. The standard InChI is InChI=1S/C37H56N6O6/c1-26(33(47)40-23-14-10-13-22-39-28(44)18-15-24-43-29(45)19-20-30(43)46)21-25-42(8)35(49)32(36(2,3)4)41-34(48)31(38-7)37(5,6)27-16-11-9-12-17-27/h9,11-12,16-17,19-21,31-32,38H,10,13-15,18,22-25H2,1-8H3,(H,39,44)(H,40,47)(H,41,48)/b26-21+/t31-,32?/m1/s1. The number of nitrogens with zero attached hydrogens (tertiary/aromatic N) is 2. The fraction of sp³-hybridized carbons (Fsp3) is 0.568. The van der Waals surface area contributed by atoms with Gasteiger partial charge in [0.15, 0.2) is 0 Å². The minimum Gasteiger partial charge on any atom is -0.356 e. The highest BCUT2D eigenvalue weighted by Gasteiger charge is 2.40. The maximum Gasteiger partial charge on any atom is 0.253 e. The van der Waals surface area contributed by atoms with E-state index in [2.05, 4.69) is 21.3 Å². The van der Waals surface area contributed by atoms with E-state index in [0.29, 0.717) is 25.1 Å². The van der Waals surface area contributed by atoms with Gasteiger partial charge in [-0.05, 0) is 50.6 Å². The van der Waals surface area contributed by atoms with E-state index in [1.807, 2.05) is 65.0 Å². The second-order valence-corrected chi connectivity index (χ2v) is 14.2. The number of amides is 6. The zero-order valence-corrected chi connectivity index (χ0v) is 30.5. The van der Waals surface area contributed by atoms with Crippen molar-refractivity contribution in [1.82, 2.24) is 31.1 Å². The van der Waals surface area contributed by atoms with Gasteiger partial charge in [0.25, 0.3) is 11.8 Å². The number of imide groups is 1. The minimum absolute atomic E-state index is 0.130. The Morgan fingerprint density at radius 3 is 2.02 bits per heavy atom. The molecule has 270 valence electrons. The predicted molar refractivity (Wildman–Crippen MR) is 190 cm³/mol. The first-order valence-electron chi connectivity index (χ1n) is 17.0. The van der Waals surface area contributed by atoms with Crippen molar-refractivity contribution in [3.63, 3.8) is 0 Å². The lowest BCUT2D eigenvalue weighted by Gasteiger charge is -2.38. The molecule has 0 spiro atoms. The van der Waals surface area contributed by atoms with Crippen molar-refractivity contribution in [3.05, 3.63) is 59.7 Å². The molecule has 1 unspecified atom stereocenters. The number of rotatable bonds is 19. The van der Waals surface area contributed by atoms with Crippen molar-refractivity contribution in [2.45, 2.75) is 91.1 Å². The highest BCUT2D eigenvalue weighted by molar-refractivity contribution is 6.12. The molecule has 12 nitrogen and oxygen atoms in total. The lowest BCUT2D eigenvalue weighted by Crippen LogP contribution is -2.60. The Bertz CT molecular complexity index is 1360. The fourth-order valence-electron chi connectivity index (χ4n) is 5.54. The average molecular weight is 681 g/mol. The van der Waals surface area contributed by atoms with E-state index in [1.165, 1.54) is 17.1 Å². The first kappa shape index (κ1) is 40.9. The highest BCUT2D eigenvalue weighted by atomic mass is 16.2. The number of hydrogen-bond acceptors (Lipinski definition) is 7. The van der Waals surface area contributed by atoms with Crippen LogP contribution in [0.25, 0.3) is 0 Å². The number of hydrogen-bond donors (Lipinski definition) is 4. The molecule has 4 N–H and O–H groups in total. The molecular weight excluding hydrogens is 624 g/mol. The Kier molecular flexibility index (Phi) is 15.9. The van der Waals surface area contributed by atoms with Gasteiger partial charge in [0.1, 0.15) is 6.04 Å². The molecule has 2 rings (SSSR count). The largest absolute Gasteiger partial charge is 0.356 e. The summed E-state index contributed by atoms with van der Waals surface area (Å²) < 4.78 is 0. The number of nitrogens with one attached hydrogen (secondary N) is 4. The van der Waals surface area contributed by atoms with E-state index in [-0.39, 0.29) is 55.0 Å². The normalized spacial score (nSPS) is 14.8. The third kappa shape index (κ3) is 12.6. The van der Waals surface area contributed by atoms with Gasteiger partial charge in [-0.25, -0.2) is 0 Å². The molecule has 0 saturated carbocycles. The van der Waals surface area contributed by atoms with Crippen molar-refractivity contribution in [3.8, 4) is 0 Å². The quantitative estimate of drug-likeness (QED) is 0.0994. The highest BCUT2D eigenvalue weighted by Crippen LogP contribution is 2.28. The van der Waals surface area contributed by atoms with Gasteiger partial charge in [-0.3, -0.25) is 33.7 Å². The summed E-state index contributed by atoms with van der Waals surface area (Å²) in [6, 6.07) is 8.41. The molecule has 6 amide bonds. The van der Waals surface area contributed by atoms with Crippen LogP contribution in [0.15, 0.2) is 54.1 Å². The lowest BCUT2D eigenvalue weighted by molar-refractivity contribution is -0.139. The molecule has 1 heterocycles. The molecule has 0 radical (unpaired) electrons. The molecular formula is C37H56N6O6. The summed E-state index contributed by atoms with van der Waals surface area (Å²) >= 11 is 0. The van der Waals surface area contributed by atoms with E-state index in [0.717, 1.165) is 29.7 Å². The summed E-state index contributed by atoms with van der Waals surface area (Å²) in [5, 5.41) is 11.9. The van der Waals surface area contributed by atoms with Gasteiger partial charge in [-0.15, -0.1) is 0 Å². The Morgan fingerprint density at radius 2 is 1.45 bits per heavy atom. The molecule has 0 fully saturated rings. The smallest absolute Gasteiger partial charge is 0.253 e. The van der Waals surface area contributed by atoms with E-state index >= 15 is 0 Å². The second-order valence-electron chi connectivity index (χ2n) is 14.2. The summed E-state index contributed by atoms with van der Waals surface area (Å²) in [5.41, 5.74) is 0.378. The first-order chi connectivity index (χ1) is 23.0. The molecule has 49 heavy (non-hydrogen) atoms. The Labute approximate surface area is 291 Å². The maximum atomic E-state index is 13.6. The molecule has 0 aromatic heterocycles. The number of unbranched alkanes of at least 4 members (excludes halogenated alkanes) is 2. The maximum absolute atomic E-state index is 13.6. The van der Waals surface area contributed by atoms with Crippen LogP contribution in [-0.4, -0.2) is 97.6 Å². The van der Waals surface area contributed by atoms with Gasteiger partial charge in [-0.2, -0.15) is 0 Å². The molecule has 2 atom stereocenters. The number of carbonyl (C=O) groups excluding carboxylic acids is 6. The second kappa shape index (κ2) is 19.0. The Morgan fingerprint density at radius 1 is 0.857 bits per heavy atom. The van der Waals surface area contributed by atoms with Crippen molar-refractivity contribution >= 4 is 35.4 Å². The van der Waals surface area contributed by atoms with Crippen LogP contribution >= 0.6 is 0 Å². The van der Waals surface area contributed by atoms with Gasteiger partial charge < -0.3 is 26.2 Å². The SMILES string of the molecule is CN[C@H](C(=O)NC(C(=O)N(C)C/C=C(\C)C(=O)NCCCCCNC(=O)CCCN1C(=O)C=CC1=O)C(C)(C)C)C(C)(C)c1ccccc1. The van der Waals surface area contributed by atoms with Crippen molar-refractivity contribution in [2.75, 3.05) is 40.3 Å². The van der Waals surface area contributed by atoms with Crippen molar-refractivity contribution in [1.29, 1.82) is 0 Å². The van der Waals surface area contributed by atoms with Crippen LogP contribution < -0.4 is 21.3 Å². The molecule has 12 heteroatoms. The molecule has 1 aliphatic rings. The summed E-state index contributed by atoms with van der Waals surface area (Å²) in [6.07, 6.45) is 7.09. The fourth-order valence-corrected chi connectivity index (χ4v) is 5.54. The van der Waals surface area contributed by atoms with E-state index in [1.54, 1.807) is 27.1 Å². The summed E-state index contributed by atoms with van der Waals surface area (Å²) in [4.78, 5) is 77.6. The van der Waals surface area contributed by atoms with Gasteiger partial charge >= 0.3 is 0 Å². The number of carbonyl (C=O) groups is 6. The van der Waals surface area contributed by atoms with Gasteiger partial charge in [0.05, 0.1) is 6.04 Å². The zero-order valence-electron chi connectivity index (χ0n) is 30.5. The Hall–Kier alpha value is -4.32. The van der Waals surface area contributed by atoms with Gasteiger partial charge in [0.2, 0.25) is 23.6 Å². The van der Waals surface area contributed by atoms with Crippen LogP contribution in [0, 0.1) is 5.41 Å². The van der Waals surface area contributed by atoms with E-state index in [9.17, 15) is 28.8 Å². The third-order valence-corrected chi connectivity index (χ3v) is 8.74. The third-order valence-electron chi connectivity index (χ3n) is 8.74. The first-order valence-corrected chi connectivity index (χ1v) is 17.0. The number of likely N-dealkylation sites (N-methyl/N-ethyl adjacent to an activating group) is 2. The summed E-state index contributed by atoms with van der Waals surface area (Å²) in [5.74, 6) is -1.57. The molecule has 0 saturated heterocycles. The minimum atomic E-state index is -0.788. The van der Waals surface area contributed by atoms with Crippen LogP contribution in [0.5, 0.6) is 0 Å². The van der Waals surface area contributed by atoms with Crippen LogP contribution in [0.1, 0.15) is 79.2 Å². The number of benzene rings is 1. The van der Waals surface area contributed by atoms with E-state index < -0.39 is 22.9 Å². The molecule has 1 aliphatic heterocycles. The average Bonchev–Trinajstić information content (AvgIpc) is 3.37. The lowest BCUT2D eigenvalue weighted by atomic mass is 9.76. The van der Waals surface area contributed by atoms with Crippen molar-refractivity contribution < 1.29 is 28.8 Å². The molecule has 0 aliphatic carbocycles. The van der Waals surface area contributed by atoms with Crippen LogP contribution in [0.4, 0.5) is 0 Å². The van der Waals surface area contributed by atoms with E-state index in [4.69, 9.17) is 0 Å². The molecule has 0 bridgehead atoms. The van der Waals surface area contributed by atoms with Gasteiger partial charge in [-0.1, -0.05) is 71.0 Å². The monoisotopic (exact) mass is 680 g/mol. The predicted octanol–water partition coefficient (Wildman–Crippen LogP) is 2.60. The van der Waals surface area contributed by atoms with Gasteiger partial charge in [0, 0.05) is 62.8 Å². The van der Waals surface area contributed by atoms with Crippen LogP contribution in [0.2, 0.25) is 0 Å². The molecule has 1 aromatic rings. The van der Waals surface area contributed by atoms with Crippen LogP contribution in [0.3, 0.4) is 0 Å². The van der Waals surface area contributed by atoms with Crippen molar-refractivity contribution in [2.24, 2.45) is 5.41 Å². The topological polar surface area (TPSA) is 157 Å². The summed E-state index contributed by atoms with van der Waals surface area (Å²) in [7, 11) is 3.40. The van der Waals surface area contributed by atoms with Crippen LogP contribution in [-0.2, 0) is 34.2 Å². The summed E-state index contributed by atoms with van der Waals surface area (Å²) in [6.45, 7) is 12.8. The zero-order chi connectivity index (χ0) is 36.8. The Balaban J connectivity index is 1.76.